The van der Waals surface area contributed by atoms with Crippen molar-refractivity contribution in [3.8, 4) is 0 Å². The molecular formula is C33H39N11O10. The number of nitrogen functional groups attached to an aromatic ring is 1. The van der Waals surface area contributed by atoms with Gasteiger partial charge in [-0.15, -0.1) is 4.99 Å². The molecular weight excluding hydrogens is 710 g/mol. The van der Waals surface area contributed by atoms with E-state index in [2.05, 4.69) is 46.0 Å². The first kappa shape index (κ1) is 40.4. The molecule has 54 heavy (non-hydrogen) atoms. The van der Waals surface area contributed by atoms with Crippen LogP contribution in [0.25, 0.3) is 11.2 Å². The summed E-state index contributed by atoms with van der Waals surface area (Å²) in [7, 11) is 0. The molecule has 0 spiro atoms. The van der Waals surface area contributed by atoms with Crippen LogP contribution in [0.1, 0.15) is 71.4 Å². The summed E-state index contributed by atoms with van der Waals surface area (Å²) in [6.07, 6.45) is 5.94. The van der Waals surface area contributed by atoms with Gasteiger partial charge in [0.1, 0.15) is 6.04 Å². The van der Waals surface area contributed by atoms with Gasteiger partial charge in [-0.25, -0.2) is 29.9 Å². The van der Waals surface area contributed by atoms with Gasteiger partial charge in [0.05, 0.1) is 30.6 Å². The maximum absolute atomic E-state index is 13.2. The summed E-state index contributed by atoms with van der Waals surface area (Å²) in [5.74, 6) is -0.0348. The first-order valence-corrected chi connectivity index (χ1v) is 16.6. The molecule has 21 nitrogen and oxygen atoms in total. The van der Waals surface area contributed by atoms with Crippen LogP contribution in [0.4, 0.5) is 11.6 Å². The van der Waals surface area contributed by atoms with Gasteiger partial charge in [0.25, 0.3) is 17.4 Å². The lowest BCUT2D eigenvalue weighted by atomic mass is 9.84. The van der Waals surface area contributed by atoms with Gasteiger partial charge in [-0.3, -0.25) is 35.0 Å². The fraction of sp³-hybridized carbons (Fsp3) is 0.333. The SMILES string of the molecule is NNC(C[C@H](NC(=O)c1ccc(NCc2cnc3nc(N)[nH]c(=O)c3n2)cc1)C(=O)O)(C(=O)O)C(=O)CCCCCCCOONC(=O)c1cccnc1. The number of nitrogens with one attached hydrogen (secondary N) is 5. The number of ketones is 1. The average molecular weight is 750 g/mol. The highest BCUT2D eigenvalue weighted by molar-refractivity contribution is 6.08. The van der Waals surface area contributed by atoms with E-state index in [-0.39, 0.29) is 48.7 Å². The number of hydrazine groups is 1. The first-order valence-electron chi connectivity index (χ1n) is 16.6. The van der Waals surface area contributed by atoms with Crippen molar-refractivity contribution in [3.63, 3.8) is 0 Å². The van der Waals surface area contributed by atoms with E-state index < -0.39 is 53.1 Å². The van der Waals surface area contributed by atoms with Crippen molar-refractivity contribution in [2.24, 2.45) is 5.84 Å². The van der Waals surface area contributed by atoms with E-state index in [4.69, 9.17) is 16.5 Å². The van der Waals surface area contributed by atoms with Crippen LogP contribution in [-0.4, -0.2) is 82.9 Å². The highest BCUT2D eigenvalue weighted by Crippen LogP contribution is 2.20. The van der Waals surface area contributed by atoms with Crippen LogP contribution in [0.3, 0.4) is 0 Å². The zero-order valence-corrected chi connectivity index (χ0v) is 28.7. The standard InChI is InChI=1S/C33H39N11O10/c34-32-41-26-25(29(48)42-32)39-22(18-38-26)17-37-21-11-9-19(10-12-21)27(46)40-23(30(49)50)15-33(44-35,31(51)52)24(45)8-4-2-1-3-5-14-53-54-43-28(47)20-7-6-13-36-16-20/h6-7,9-13,16,18,23,37,44H,1-5,8,14-15,17,35H2,(H,40,46)(H,43,47)(H,49,50)(H,51,52)(H3,34,38,41,42,48)/t23-,33?/m0/s1. The Balaban J connectivity index is 1.22. The Morgan fingerprint density at radius 2 is 1.67 bits per heavy atom. The average Bonchev–Trinajstić information content (AvgIpc) is 3.16. The van der Waals surface area contributed by atoms with Crippen LogP contribution in [0.15, 0.2) is 59.8 Å². The molecule has 0 fully saturated rings. The monoisotopic (exact) mass is 749 g/mol. The van der Waals surface area contributed by atoms with E-state index in [9.17, 15) is 39.0 Å². The lowest BCUT2D eigenvalue weighted by Crippen LogP contribution is -2.64. The summed E-state index contributed by atoms with van der Waals surface area (Å²) in [6.45, 7) is 0.327. The zero-order valence-electron chi connectivity index (χ0n) is 28.7. The molecule has 0 saturated heterocycles. The minimum atomic E-state index is -2.49. The second kappa shape index (κ2) is 19.4. The van der Waals surface area contributed by atoms with Crippen LogP contribution in [0.5, 0.6) is 0 Å². The van der Waals surface area contributed by atoms with Crippen LogP contribution in [-0.2, 0) is 30.8 Å². The summed E-state index contributed by atoms with van der Waals surface area (Å²) in [5.41, 5.74) is 8.00. The lowest BCUT2D eigenvalue weighted by Gasteiger charge is -2.30. The van der Waals surface area contributed by atoms with Crippen LogP contribution < -0.4 is 38.7 Å². The predicted octanol–water partition coefficient (Wildman–Crippen LogP) is 0.365. The molecule has 286 valence electrons. The number of nitrogens with zero attached hydrogens (tertiary/aromatic N) is 4. The number of aromatic nitrogens is 5. The number of aliphatic carboxylic acids is 2. The second-order valence-corrected chi connectivity index (χ2v) is 11.9. The number of hydrogen-bond acceptors (Lipinski definition) is 16. The summed E-state index contributed by atoms with van der Waals surface area (Å²) in [4.78, 5) is 103. The van der Waals surface area contributed by atoms with Crippen LogP contribution >= 0.6 is 0 Å². The predicted molar refractivity (Wildman–Crippen MR) is 189 cm³/mol. The number of unbranched alkanes of at least 4 members (excludes halogenated alkanes) is 4. The molecule has 3 heterocycles. The summed E-state index contributed by atoms with van der Waals surface area (Å²) in [6, 6.07) is 7.22. The third-order valence-electron chi connectivity index (χ3n) is 8.06. The molecule has 0 aliphatic carbocycles. The highest BCUT2D eigenvalue weighted by Gasteiger charge is 2.48. The fourth-order valence-electron chi connectivity index (χ4n) is 5.11. The maximum Gasteiger partial charge on any atom is 0.333 e. The molecule has 21 heteroatoms. The van der Waals surface area contributed by atoms with E-state index in [0.717, 1.165) is 0 Å². The lowest BCUT2D eigenvalue weighted by molar-refractivity contribution is -0.324. The quantitative estimate of drug-likeness (QED) is 0.0172. The molecule has 11 N–H and O–H groups in total. The molecule has 2 amide bonds. The number of anilines is 2. The van der Waals surface area contributed by atoms with Gasteiger partial charge >= 0.3 is 11.9 Å². The summed E-state index contributed by atoms with van der Waals surface area (Å²) in [5, 5.41) is 25.2. The molecule has 3 aromatic heterocycles. The zero-order chi connectivity index (χ0) is 39.1. The number of carboxylic acid groups (broad SMARTS) is 2. The summed E-state index contributed by atoms with van der Waals surface area (Å²) >= 11 is 0. The molecule has 2 atom stereocenters. The molecule has 0 radical (unpaired) electrons. The van der Waals surface area contributed by atoms with Crippen molar-refractivity contribution in [1.82, 2.24) is 41.1 Å². The molecule has 0 aliphatic heterocycles. The van der Waals surface area contributed by atoms with Crippen LogP contribution in [0, 0.1) is 0 Å². The van der Waals surface area contributed by atoms with Gasteiger partial charge < -0.3 is 26.6 Å². The number of Topliss-reactive ketones (excluding diaryl/α,β-unsaturated/α-hetero) is 1. The van der Waals surface area contributed by atoms with Crippen molar-refractivity contribution in [3.05, 3.63) is 82.2 Å². The Kier molecular flexibility index (Phi) is 14.5. The van der Waals surface area contributed by atoms with Gasteiger partial charge in [-0.1, -0.05) is 19.3 Å². The largest absolute Gasteiger partial charge is 0.480 e. The number of carbonyl (C=O) groups excluding carboxylic acids is 3. The Morgan fingerprint density at radius 3 is 2.35 bits per heavy atom. The summed E-state index contributed by atoms with van der Waals surface area (Å²) < 4.78 is 0. The molecule has 4 rings (SSSR count). The Labute approximate surface area is 306 Å². The topological polar surface area (TPSA) is 329 Å². The van der Waals surface area contributed by atoms with E-state index >= 15 is 0 Å². The Bertz CT molecular complexity index is 2000. The molecule has 1 unspecified atom stereocenters. The maximum atomic E-state index is 13.2. The number of amides is 2. The number of hydrogen-bond donors (Lipinski definition) is 9. The van der Waals surface area contributed by atoms with Crippen molar-refractivity contribution in [2.75, 3.05) is 17.7 Å². The third kappa shape index (κ3) is 11.0. The van der Waals surface area contributed by atoms with Gasteiger partial charge in [-0.05, 0) is 49.2 Å². The van der Waals surface area contributed by atoms with Crippen molar-refractivity contribution < 1.29 is 44.1 Å². The fourth-order valence-corrected chi connectivity index (χ4v) is 5.11. The number of pyridine rings is 1. The van der Waals surface area contributed by atoms with Gasteiger partial charge in [0.2, 0.25) is 5.95 Å². The van der Waals surface area contributed by atoms with Gasteiger partial charge in [0, 0.05) is 36.5 Å². The Morgan fingerprint density at radius 1 is 0.926 bits per heavy atom. The normalized spacial score (nSPS) is 12.7. The highest BCUT2D eigenvalue weighted by atomic mass is 17.3. The number of rotatable bonds is 22. The van der Waals surface area contributed by atoms with Crippen LogP contribution in [0.2, 0.25) is 0 Å². The molecule has 4 aromatic rings. The van der Waals surface area contributed by atoms with E-state index in [1.165, 1.54) is 42.9 Å². The Hall–Kier alpha value is -6.42. The van der Waals surface area contributed by atoms with E-state index in [1.54, 1.807) is 12.1 Å². The smallest absolute Gasteiger partial charge is 0.333 e. The first-order chi connectivity index (χ1) is 25.9. The van der Waals surface area contributed by atoms with Crippen molar-refractivity contribution in [2.45, 2.75) is 63.1 Å². The molecule has 0 saturated carbocycles. The van der Waals surface area contributed by atoms with E-state index in [1.807, 2.05) is 5.43 Å². The van der Waals surface area contributed by atoms with Gasteiger partial charge in [0.15, 0.2) is 22.5 Å². The number of fused-ring (bicyclic) bond motifs is 1. The van der Waals surface area contributed by atoms with Crippen molar-refractivity contribution in [1.29, 1.82) is 0 Å². The number of carbonyl (C=O) groups is 5. The molecule has 0 bridgehead atoms. The number of nitrogens with two attached hydrogens (primary N) is 2. The van der Waals surface area contributed by atoms with E-state index in [0.29, 0.717) is 42.6 Å². The van der Waals surface area contributed by atoms with Crippen molar-refractivity contribution >= 4 is 52.3 Å². The number of hydroxylamine groups is 1. The number of aromatic amines is 1. The molecule has 0 aliphatic rings. The number of carboxylic acids is 2. The number of H-pyrrole nitrogens is 1. The number of benzene rings is 1. The second-order valence-electron chi connectivity index (χ2n) is 11.9. The van der Waals surface area contributed by atoms with Gasteiger partial charge in [-0.2, -0.15) is 10.5 Å². The minimum absolute atomic E-state index is 0.00932. The minimum Gasteiger partial charge on any atom is -0.480 e. The molecule has 1 aromatic carbocycles. The third-order valence-corrected chi connectivity index (χ3v) is 8.06.